The highest BCUT2D eigenvalue weighted by Crippen LogP contribution is 2.41. The molecule has 3 heteroatoms. The van der Waals surface area contributed by atoms with Crippen molar-refractivity contribution in [2.45, 2.75) is 0 Å². The summed E-state index contributed by atoms with van der Waals surface area (Å²) in [6.07, 6.45) is 0. The number of para-hydroxylation sites is 3. The van der Waals surface area contributed by atoms with Crippen LogP contribution >= 0.6 is 11.3 Å². The minimum Gasteiger partial charge on any atom is -0.309 e. The van der Waals surface area contributed by atoms with E-state index in [1.807, 2.05) is 11.3 Å². The van der Waals surface area contributed by atoms with Crippen LogP contribution in [0.2, 0.25) is 0 Å². The molecule has 0 aliphatic rings. The van der Waals surface area contributed by atoms with Crippen LogP contribution in [0.5, 0.6) is 0 Å². The SMILES string of the molecule is c1ccc(-c2ccc3c(c2)sc2cc(-n4c5ccccc5c5cc(-c6ccc7c(c6)c6ccccc6n7-c6ccccc6)ccc54)ccc23)cc1. The molecule has 0 saturated heterocycles. The normalized spacial score (nSPS) is 11.9. The molecule has 0 bridgehead atoms. The lowest BCUT2D eigenvalue weighted by Crippen LogP contribution is -1.93. The Morgan fingerprint density at radius 1 is 0.275 bits per heavy atom. The summed E-state index contributed by atoms with van der Waals surface area (Å²) in [7, 11) is 0. The van der Waals surface area contributed by atoms with Gasteiger partial charge >= 0.3 is 0 Å². The molecule has 11 aromatic rings. The van der Waals surface area contributed by atoms with E-state index in [2.05, 4.69) is 191 Å². The zero-order chi connectivity index (χ0) is 33.5. The van der Waals surface area contributed by atoms with Crippen LogP contribution in [0, 0.1) is 0 Å². The van der Waals surface area contributed by atoms with Crippen molar-refractivity contribution in [2.75, 3.05) is 0 Å². The number of hydrogen-bond donors (Lipinski definition) is 0. The van der Waals surface area contributed by atoms with E-state index < -0.39 is 0 Å². The maximum Gasteiger partial charge on any atom is 0.0541 e. The Kier molecular flexibility index (Phi) is 6.16. The topological polar surface area (TPSA) is 9.86 Å². The van der Waals surface area contributed by atoms with Crippen LogP contribution in [0.1, 0.15) is 0 Å². The van der Waals surface area contributed by atoms with Crippen LogP contribution in [0.3, 0.4) is 0 Å². The molecule has 0 N–H and O–H groups in total. The van der Waals surface area contributed by atoms with Gasteiger partial charge < -0.3 is 9.13 Å². The average Bonchev–Trinajstić information content (AvgIpc) is 3.85. The maximum atomic E-state index is 2.43. The van der Waals surface area contributed by atoms with E-state index in [1.54, 1.807) is 0 Å². The van der Waals surface area contributed by atoms with E-state index in [1.165, 1.54) is 97.4 Å². The Hall–Kier alpha value is -6.42. The van der Waals surface area contributed by atoms with Gasteiger partial charge in [0.25, 0.3) is 0 Å². The Morgan fingerprint density at radius 2 is 0.745 bits per heavy atom. The van der Waals surface area contributed by atoms with Crippen LogP contribution in [-0.4, -0.2) is 9.13 Å². The quantitative estimate of drug-likeness (QED) is 0.177. The molecular weight excluding hydrogens is 637 g/mol. The smallest absolute Gasteiger partial charge is 0.0541 e. The molecule has 0 saturated carbocycles. The van der Waals surface area contributed by atoms with Crippen molar-refractivity contribution in [3.8, 4) is 33.6 Å². The van der Waals surface area contributed by atoms with Crippen molar-refractivity contribution in [1.29, 1.82) is 0 Å². The first-order chi connectivity index (χ1) is 25.3. The first-order valence-corrected chi connectivity index (χ1v) is 18.2. The fourth-order valence-corrected chi connectivity index (χ4v) is 9.33. The van der Waals surface area contributed by atoms with Gasteiger partial charge in [-0.15, -0.1) is 11.3 Å². The van der Waals surface area contributed by atoms with Crippen LogP contribution in [0.15, 0.2) is 182 Å². The van der Waals surface area contributed by atoms with Crippen molar-refractivity contribution in [3.63, 3.8) is 0 Å². The van der Waals surface area contributed by atoms with Crippen LogP contribution in [0.4, 0.5) is 0 Å². The molecule has 0 atom stereocenters. The lowest BCUT2D eigenvalue weighted by atomic mass is 10.0. The molecule has 11 rings (SSSR count). The average molecular weight is 667 g/mol. The lowest BCUT2D eigenvalue weighted by molar-refractivity contribution is 1.18. The molecule has 0 unspecified atom stereocenters. The second kappa shape index (κ2) is 11.0. The van der Waals surface area contributed by atoms with E-state index in [4.69, 9.17) is 0 Å². The summed E-state index contributed by atoms with van der Waals surface area (Å²) < 4.78 is 7.43. The molecule has 3 aromatic heterocycles. The highest BCUT2D eigenvalue weighted by Gasteiger charge is 2.17. The highest BCUT2D eigenvalue weighted by atomic mass is 32.1. The summed E-state index contributed by atoms with van der Waals surface area (Å²) in [6, 6.07) is 66.6. The van der Waals surface area contributed by atoms with Crippen molar-refractivity contribution < 1.29 is 0 Å². The zero-order valence-corrected chi connectivity index (χ0v) is 28.4. The molecule has 0 radical (unpaired) electrons. The zero-order valence-electron chi connectivity index (χ0n) is 27.6. The van der Waals surface area contributed by atoms with E-state index in [0.29, 0.717) is 0 Å². The van der Waals surface area contributed by atoms with Gasteiger partial charge in [0.15, 0.2) is 0 Å². The second-order valence-corrected chi connectivity index (χ2v) is 14.4. The van der Waals surface area contributed by atoms with Crippen LogP contribution in [0.25, 0.3) is 97.4 Å². The van der Waals surface area contributed by atoms with Crippen molar-refractivity contribution in [1.82, 2.24) is 9.13 Å². The monoisotopic (exact) mass is 666 g/mol. The molecule has 3 heterocycles. The minimum absolute atomic E-state index is 1.18. The molecule has 51 heavy (non-hydrogen) atoms. The third kappa shape index (κ3) is 4.35. The number of benzene rings is 8. The summed E-state index contributed by atoms with van der Waals surface area (Å²) in [5.74, 6) is 0. The molecule has 0 amide bonds. The first-order valence-electron chi connectivity index (χ1n) is 17.4. The number of aromatic nitrogens is 2. The predicted octanol–water partition coefficient (Wildman–Crippen LogP) is 13.6. The van der Waals surface area contributed by atoms with E-state index in [0.717, 1.165) is 0 Å². The summed E-state index contributed by atoms with van der Waals surface area (Å²) in [5, 5.41) is 7.69. The number of fused-ring (bicyclic) bond motifs is 9. The fraction of sp³-hybridized carbons (Fsp3) is 0. The number of thiophene rings is 1. The molecular formula is C48H30N2S. The number of nitrogens with zero attached hydrogens (tertiary/aromatic N) is 2. The number of rotatable bonds is 4. The van der Waals surface area contributed by atoms with Gasteiger partial charge in [-0.3, -0.25) is 0 Å². The van der Waals surface area contributed by atoms with Gasteiger partial charge in [0.1, 0.15) is 0 Å². The predicted molar refractivity (Wildman–Crippen MR) is 219 cm³/mol. The van der Waals surface area contributed by atoms with Crippen molar-refractivity contribution in [3.05, 3.63) is 182 Å². The van der Waals surface area contributed by atoms with E-state index >= 15 is 0 Å². The summed E-state index contributed by atoms with van der Waals surface area (Å²) >= 11 is 1.88. The van der Waals surface area contributed by atoms with Gasteiger partial charge in [-0.25, -0.2) is 0 Å². The Labute approximate surface area is 298 Å². The molecule has 8 aromatic carbocycles. The van der Waals surface area contributed by atoms with Gasteiger partial charge in [-0.2, -0.15) is 0 Å². The van der Waals surface area contributed by atoms with Gasteiger partial charge in [0, 0.05) is 53.1 Å². The summed E-state index contributed by atoms with van der Waals surface area (Å²) in [4.78, 5) is 0. The van der Waals surface area contributed by atoms with E-state index in [-0.39, 0.29) is 0 Å². The third-order valence-corrected chi connectivity index (χ3v) is 11.6. The molecule has 0 spiro atoms. The first kappa shape index (κ1) is 28.4. The molecule has 238 valence electrons. The van der Waals surface area contributed by atoms with Crippen molar-refractivity contribution >= 4 is 75.1 Å². The fourth-order valence-electron chi connectivity index (χ4n) is 8.15. The largest absolute Gasteiger partial charge is 0.309 e. The van der Waals surface area contributed by atoms with Gasteiger partial charge in [-0.1, -0.05) is 115 Å². The molecule has 2 nitrogen and oxygen atoms in total. The highest BCUT2D eigenvalue weighted by molar-refractivity contribution is 7.25. The molecule has 0 aliphatic carbocycles. The van der Waals surface area contributed by atoms with Gasteiger partial charge in [0.2, 0.25) is 0 Å². The molecule has 0 aliphatic heterocycles. The standard InChI is InChI=1S/C48H30N2S/c1-3-11-31(12-4-1)34-19-23-39-40-24-22-36(30-48(40)51-47(39)29-34)50-44-18-10-8-16-38(44)42-28-33(21-26-46(42)50)32-20-25-45-41(27-32)37-15-7-9-17-43(37)49(45)35-13-5-2-6-14-35/h1-30H. The second-order valence-electron chi connectivity index (χ2n) is 13.4. The van der Waals surface area contributed by atoms with Crippen LogP contribution in [-0.2, 0) is 0 Å². The van der Waals surface area contributed by atoms with Gasteiger partial charge in [0.05, 0.1) is 22.1 Å². The minimum atomic E-state index is 1.18. The molecule has 0 fully saturated rings. The summed E-state index contributed by atoms with van der Waals surface area (Å²) in [5.41, 5.74) is 12.2. The Morgan fingerprint density at radius 3 is 1.39 bits per heavy atom. The van der Waals surface area contributed by atoms with Gasteiger partial charge in [-0.05, 0) is 89.0 Å². The summed E-state index contributed by atoms with van der Waals surface area (Å²) in [6.45, 7) is 0. The lowest BCUT2D eigenvalue weighted by Gasteiger charge is -2.09. The maximum absolute atomic E-state index is 2.43. The Balaban J connectivity index is 1.06. The number of hydrogen-bond acceptors (Lipinski definition) is 1. The Bertz CT molecular complexity index is 3130. The third-order valence-electron chi connectivity index (χ3n) is 10.5. The van der Waals surface area contributed by atoms with Crippen molar-refractivity contribution in [2.24, 2.45) is 0 Å². The van der Waals surface area contributed by atoms with E-state index in [9.17, 15) is 0 Å². The van der Waals surface area contributed by atoms with Crippen LogP contribution < -0.4 is 0 Å².